The number of non-ortho nitro benzene ring substituents is 1. The summed E-state index contributed by atoms with van der Waals surface area (Å²) in [5.74, 6) is -0.413. The highest BCUT2D eigenvalue weighted by molar-refractivity contribution is 6.35. The van der Waals surface area contributed by atoms with Crippen LogP contribution in [0.25, 0.3) is 0 Å². The molecule has 1 aliphatic heterocycles. The highest BCUT2D eigenvalue weighted by atomic mass is 35.5. The fraction of sp³-hybridized carbons (Fsp3) is 0.316. The molecule has 2 aromatic carbocycles. The summed E-state index contributed by atoms with van der Waals surface area (Å²) >= 11 is 12.2. The van der Waals surface area contributed by atoms with E-state index < -0.39 is 16.9 Å². The first-order valence-corrected chi connectivity index (χ1v) is 9.49. The van der Waals surface area contributed by atoms with E-state index in [-0.39, 0.29) is 11.3 Å². The number of amides is 1. The van der Waals surface area contributed by atoms with Crippen LogP contribution in [0.15, 0.2) is 36.4 Å². The molecule has 1 atom stereocenters. The maximum atomic E-state index is 13.0. The van der Waals surface area contributed by atoms with Gasteiger partial charge in [0.15, 0.2) is 0 Å². The lowest BCUT2D eigenvalue weighted by molar-refractivity contribution is -0.384. The summed E-state index contributed by atoms with van der Waals surface area (Å²) in [5.41, 5.74) is 1.45. The van der Waals surface area contributed by atoms with Crippen LogP contribution < -0.4 is 10.2 Å². The fourth-order valence-corrected chi connectivity index (χ4v) is 3.68. The van der Waals surface area contributed by atoms with Crippen molar-refractivity contribution < 1.29 is 14.5 Å². The summed E-state index contributed by atoms with van der Waals surface area (Å²) in [6.07, 6.45) is 0. The molecule has 1 amide bonds. The highest BCUT2D eigenvalue weighted by Crippen LogP contribution is 2.29. The second kappa shape index (κ2) is 8.77. The van der Waals surface area contributed by atoms with E-state index >= 15 is 0 Å². The Bertz CT molecular complexity index is 901. The third kappa shape index (κ3) is 4.55. The summed E-state index contributed by atoms with van der Waals surface area (Å²) < 4.78 is 5.35. The summed E-state index contributed by atoms with van der Waals surface area (Å²) in [6, 6.07) is 8.95. The van der Waals surface area contributed by atoms with Gasteiger partial charge in [-0.05, 0) is 30.7 Å². The van der Waals surface area contributed by atoms with Crippen molar-refractivity contribution in [1.29, 1.82) is 0 Å². The number of hydrogen-bond acceptors (Lipinski definition) is 5. The lowest BCUT2D eigenvalue weighted by Crippen LogP contribution is -2.38. The maximum Gasteiger partial charge on any atom is 0.270 e. The Morgan fingerprint density at radius 3 is 2.57 bits per heavy atom. The number of nitrogens with zero attached hydrogens (tertiary/aromatic N) is 2. The molecule has 0 saturated carbocycles. The average Bonchev–Trinajstić information content (AvgIpc) is 2.68. The predicted octanol–water partition coefficient (Wildman–Crippen LogP) is 4.23. The third-order valence-electron chi connectivity index (χ3n) is 4.56. The zero-order chi connectivity index (χ0) is 20.3. The monoisotopic (exact) mass is 423 g/mol. The molecular weight excluding hydrogens is 405 g/mol. The zero-order valence-electron chi connectivity index (χ0n) is 15.2. The smallest absolute Gasteiger partial charge is 0.270 e. The first-order chi connectivity index (χ1) is 13.4. The van der Waals surface area contributed by atoms with Crippen LogP contribution in [-0.4, -0.2) is 37.1 Å². The Morgan fingerprint density at radius 1 is 1.21 bits per heavy atom. The molecule has 148 valence electrons. The summed E-state index contributed by atoms with van der Waals surface area (Å²) in [4.78, 5) is 25.7. The van der Waals surface area contributed by atoms with E-state index in [9.17, 15) is 14.9 Å². The minimum atomic E-state index is -0.515. The van der Waals surface area contributed by atoms with Gasteiger partial charge in [0.2, 0.25) is 0 Å². The Balaban J connectivity index is 1.90. The number of nitrogens with one attached hydrogen (secondary N) is 1. The molecule has 0 spiro atoms. The van der Waals surface area contributed by atoms with Crippen LogP contribution in [0, 0.1) is 10.1 Å². The largest absolute Gasteiger partial charge is 0.378 e. The molecule has 28 heavy (non-hydrogen) atoms. The first-order valence-electron chi connectivity index (χ1n) is 8.74. The Labute approximate surface area is 172 Å². The Morgan fingerprint density at radius 2 is 1.93 bits per heavy atom. The summed E-state index contributed by atoms with van der Waals surface area (Å²) in [6.45, 7) is 4.08. The Hall–Kier alpha value is -2.35. The molecule has 3 rings (SSSR count). The average molecular weight is 424 g/mol. The van der Waals surface area contributed by atoms with Gasteiger partial charge in [0, 0.05) is 35.3 Å². The number of carbonyl (C=O) groups excluding carboxylic acids is 1. The number of morpholine rings is 1. The van der Waals surface area contributed by atoms with Gasteiger partial charge >= 0.3 is 0 Å². The van der Waals surface area contributed by atoms with Crippen LogP contribution in [0.4, 0.5) is 11.4 Å². The number of benzene rings is 2. The summed E-state index contributed by atoms with van der Waals surface area (Å²) in [7, 11) is 0. The molecule has 0 aliphatic carbocycles. The van der Waals surface area contributed by atoms with Gasteiger partial charge in [-0.15, -0.1) is 0 Å². The predicted molar refractivity (Wildman–Crippen MR) is 108 cm³/mol. The van der Waals surface area contributed by atoms with Gasteiger partial charge in [-0.3, -0.25) is 14.9 Å². The van der Waals surface area contributed by atoms with Crippen molar-refractivity contribution in [1.82, 2.24) is 5.32 Å². The molecule has 1 N–H and O–H groups in total. The van der Waals surface area contributed by atoms with E-state index in [1.165, 1.54) is 12.1 Å². The molecule has 1 fully saturated rings. The minimum absolute atomic E-state index is 0.140. The highest BCUT2D eigenvalue weighted by Gasteiger charge is 2.23. The van der Waals surface area contributed by atoms with E-state index in [0.717, 1.165) is 0 Å². The molecule has 1 unspecified atom stereocenters. The number of rotatable bonds is 5. The van der Waals surface area contributed by atoms with Crippen LogP contribution in [-0.2, 0) is 4.74 Å². The number of anilines is 1. The van der Waals surface area contributed by atoms with Crippen molar-refractivity contribution in [3.05, 3.63) is 67.7 Å². The van der Waals surface area contributed by atoms with E-state index in [2.05, 4.69) is 5.32 Å². The number of hydrogen-bond donors (Lipinski definition) is 1. The number of ether oxygens (including phenoxy) is 1. The van der Waals surface area contributed by atoms with Gasteiger partial charge in [0.25, 0.3) is 11.6 Å². The lowest BCUT2D eigenvalue weighted by Gasteiger charge is -2.30. The number of carbonyl (C=O) groups is 1. The fourth-order valence-electron chi connectivity index (χ4n) is 3.10. The standard InChI is InChI=1S/C19H19Cl2N3O4/c1-12(15-4-2-13(20)10-17(15)21)22-19(25)16-11-14(24(26)27)3-5-18(16)23-6-8-28-9-7-23/h2-5,10-12H,6-9H2,1H3,(H,22,25). The molecule has 1 heterocycles. The zero-order valence-corrected chi connectivity index (χ0v) is 16.7. The number of halogens is 2. The van der Waals surface area contributed by atoms with Crippen LogP contribution in [0.3, 0.4) is 0 Å². The first kappa shape index (κ1) is 20.4. The normalized spacial score (nSPS) is 15.2. The molecule has 0 bridgehead atoms. The van der Waals surface area contributed by atoms with E-state index in [1.54, 1.807) is 31.2 Å². The van der Waals surface area contributed by atoms with Crippen molar-refractivity contribution in [2.24, 2.45) is 0 Å². The van der Waals surface area contributed by atoms with Crippen LogP contribution in [0.1, 0.15) is 28.9 Å². The molecular formula is C19H19Cl2N3O4. The second-order valence-electron chi connectivity index (χ2n) is 6.42. The maximum absolute atomic E-state index is 13.0. The van der Waals surface area contributed by atoms with Gasteiger partial charge in [-0.2, -0.15) is 0 Å². The van der Waals surface area contributed by atoms with Crippen molar-refractivity contribution in [2.45, 2.75) is 13.0 Å². The summed E-state index contributed by atoms with van der Waals surface area (Å²) in [5, 5.41) is 15.0. The van der Waals surface area contributed by atoms with E-state index in [1.807, 2.05) is 4.90 Å². The number of nitro benzene ring substituents is 1. The number of nitro groups is 1. The topological polar surface area (TPSA) is 84.7 Å². The molecule has 1 aliphatic rings. The van der Waals surface area contributed by atoms with Crippen molar-refractivity contribution >= 4 is 40.5 Å². The third-order valence-corrected chi connectivity index (χ3v) is 5.13. The van der Waals surface area contributed by atoms with Crippen molar-refractivity contribution in [3.8, 4) is 0 Å². The Kier molecular flexibility index (Phi) is 6.39. The van der Waals surface area contributed by atoms with Crippen LogP contribution >= 0.6 is 23.2 Å². The minimum Gasteiger partial charge on any atom is -0.378 e. The van der Waals surface area contributed by atoms with Gasteiger partial charge < -0.3 is 15.0 Å². The quantitative estimate of drug-likeness (QED) is 0.574. The molecule has 1 saturated heterocycles. The molecule has 0 radical (unpaired) electrons. The van der Waals surface area contributed by atoms with E-state index in [0.29, 0.717) is 47.6 Å². The molecule has 0 aromatic heterocycles. The SMILES string of the molecule is CC(NC(=O)c1cc([N+](=O)[O-])ccc1N1CCOCC1)c1ccc(Cl)cc1Cl. The molecule has 7 nitrogen and oxygen atoms in total. The molecule has 2 aromatic rings. The van der Waals surface area contributed by atoms with Gasteiger partial charge in [-0.25, -0.2) is 0 Å². The van der Waals surface area contributed by atoms with Crippen molar-refractivity contribution in [2.75, 3.05) is 31.2 Å². The van der Waals surface area contributed by atoms with Crippen LogP contribution in [0.5, 0.6) is 0 Å². The lowest BCUT2D eigenvalue weighted by atomic mass is 10.1. The van der Waals surface area contributed by atoms with Crippen LogP contribution in [0.2, 0.25) is 10.0 Å². The molecule has 9 heteroatoms. The van der Waals surface area contributed by atoms with Crippen molar-refractivity contribution in [3.63, 3.8) is 0 Å². The second-order valence-corrected chi connectivity index (χ2v) is 7.26. The van der Waals surface area contributed by atoms with Gasteiger partial charge in [0.05, 0.1) is 35.4 Å². The van der Waals surface area contributed by atoms with E-state index in [4.69, 9.17) is 27.9 Å². The van der Waals surface area contributed by atoms with Gasteiger partial charge in [-0.1, -0.05) is 29.3 Å². The van der Waals surface area contributed by atoms with Gasteiger partial charge in [0.1, 0.15) is 0 Å².